The van der Waals surface area contributed by atoms with Crippen LogP contribution in [0.1, 0.15) is 32.8 Å². The van der Waals surface area contributed by atoms with Gasteiger partial charge in [-0.2, -0.15) is 0 Å². The lowest BCUT2D eigenvalue weighted by molar-refractivity contribution is -0.155. The molecule has 0 N–H and O–H groups in total. The average Bonchev–Trinajstić information content (AvgIpc) is 2.18. The number of aryl methyl sites for hydroxylation is 1. The Morgan fingerprint density at radius 2 is 2.00 bits per heavy atom. The molecule has 0 aliphatic rings. The predicted molar refractivity (Wildman–Crippen MR) is 67.1 cm³/mol. The summed E-state index contributed by atoms with van der Waals surface area (Å²) in [5, 5.41) is 0. The number of benzene rings is 1. The maximum absolute atomic E-state index is 12.9. The summed E-state index contributed by atoms with van der Waals surface area (Å²) in [7, 11) is 0. The summed E-state index contributed by atoms with van der Waals surface area (Å²) < 4.78 is 23.4. The highest BCUT2D eigenvalue weighted by molar-refractivity contribution is 5.70. The second-order valence-corrected chi connectivity index (χ2v) is 5.09. The summed E-state index contributed by atoms with van der Waals surface area (Å²) in [5.41, 5.74) is 0.224. The van der Waals surface area contributed by atoms with Gasteiger partial charge in [-0.3, -0.25) is 4.79 Å². The molecule has 0 atom stereocenters. The van der Waals surface area contributed by atoms with Crippen LogP contribution in [0.3, 0.4) is 0 Å². The molecule has 0 aliphatic carbocycles. The molecule has 0 bridgehead atoms. The van der Waals surface area contributed by atoms with Gasteiger partial charge in [-0.15, -0.1) is 0 Å². The highest BCUT2D eigenvalue weighted by Crippen LogP contribution is 2.18. The molecule has 0 spiro atoms. The Bertz CT molecular complexity index is 422. The average molecular weight is 254 g/mol. The third-order valence-electron chi connectivity index (χ3n) is 2.12. The third-order valence-corrected chi connectivity index (χ3v) is 2.12. The first-order valence-corrected chi connectivity index (χ1v) is 5.89. The summed E-state index contributed by atoms with van der Waals surface area (Å²) in [5.74, 6) is -0.0192. The van der Waals surface area contributed by atoms with E-state index in [0.29, 0.717) is 11.3 Å². The van der Waals surface area contributed by atoms with Gasteiger partial charge in [0, 0.05) is 0 Å². The maximum atomic E-state index is 12.9. The molecule has 0 fully saturated rings. The van der Waals surface area contributed by atoms with Crippen molar-refractivity contribution in [3.63, 3.8) is 0 Å². The van der Waals surface area contributed by atoms with Crippen molar-refractivity contribution in [3.8, 4) is 5.75 Å². The fraction of sp³-hybridized carbons (Fsp3) is 0.500. The van der Waals surface area contributed by atoms with E-state index >= 15 is 0 Å². The summed E-state index contributed by atoms with van der Waals surface area (Å²) in [6.45, 7) is 7.43. The first-order valence-electron chi connectivity index (χ1n) is 5.89. The molecule has 18 heavy (non-hydrogen) atoms. The van der Waals surface area contributed by atoms with Crippen molar-refractivity contribution in [1.82, 2.24) is 0 Å². The van der Waals surface area contributed by atoms with Crippen molar-refractivity contribution in [2.45, 2.75) is 39.7 Å². The molecule has 0 heterocycles. The highest BCUT2D eigenvalue weighted by Gasteiger charge is 2.16. The van der Waals surface area contributed by atoms with Gasteiger partial charge in [0.05, 0.1) is 13.0 Å². The monoisotopic (exact) mass is 254 g/mol. The van der Waals surface area contributed by atoms with Crippen LogP contribution in [0.15, 0.2) is 18.2 Å². The van der Waals surface area contributed by atoms with Crippen molar-refractivity contribution in [3.05, 3.63) is 29.6 Å². The van der Waals surface area contributed by atoms with Crippen LogP contribution in [-0.2, 0) is 9.53 Å². The zero-order valence-corrected chi connectivity index (χ0v) is 11.2. The molecule has 0 aromatic heterocycles. The summed E-state index contributed by atoms with van der Waals surface area (Å²) >= 11 is 0. The van der Waals surface area contributed by atoms with Gasteiger partial charge in [0.2, 0.25) is 0 Å². The molecule has 0 saturated heterocycles. The Morgan fingerprint density at radius 3 is 2.56 bits per heavy atom. The van der Waals surface area contributed by atoms with Crippen LogP contribution in [0.2, 0.25) is 0 Å². The Labute approximate surface area is 107 Å². The van der Waals surface area contributed by atoms with Gasteiger partial charge in [-0.25, -0.2) is 4.39 Å². The van der Waals surface area contributed by atoms with E-state index in [2.05, 4.69) is 0 Å². The van der Waals surface area contributed by atoms with Gasteiger partial charge in [0.25, 0.3) is 0 Å². The smallest absolute Gasteiger partial charge is 0.309 e. The predicted octanol–water partition coefficient (Wildman–Crippen LogP) is 3.24. The first kappa shape index (κ1) is 14.5. The third kappa shape index (κ3) is 5.17. The van der Waals surface area contributed by atoms with Gasteiger partial charge in [-0.1, -0.05) is 0 Å². The summed E-state index contributed by atoms with van der Waals surface area (Å²) in [4.78, 5) is 11.4. The van der Waals surface area contributed by atoms with Crippen molar-refractivity contribution < 1.29 is 18.7 Å². The number of ether oxygens (including phenoxy) is 2. The van der Waals surface area contributed by atoms with E-state index in [1.165, 1.54) is 12.1 Å². The van der Waals surface area contributed by atoms with E-state index < -0.39 is 5.60 Å². The molecule has 0 amide bonds. The SMILES string of the molecule is Cc1cc(F)ccc1OCCC(=O)OC(C)(C)C. The summed E-state index contributed by atoms with van der Waals surface area (Å²) in [6, 6.07) is 4.28. The van der Waals surface area contributed by atoms with Crippen LogP contribution < -0.4 is 4.74 Å². The van der Waals surface area contributed by atoms with Crippen molar-refractivity contribution in [2.24, 2.45) is 0 Å². The van der Waals surface area contributed by atoms with E-state index in [9.17, 15) is 9.18 Å². The Balaban J connectivity index is 2.40. The molecule has 1 aromatic rings. The largest absolute Gasteiger partial charge is 0.493 e. The van der Waals surface area contributed by atoms with E-state index in [0.717, 1.165) is 0 Å². The summed E-state index contributed by atoms with van der Waals surface area (Å²) in [6.07, 6.45) is 0.175. The molecule has 0 aliphatic heterocycles. The second-order valence-electron chi connectivity index (χ2n) is 5.09. The standard InChI is InChI=1S/C14H19FO3/c1-10-9-11(15)5-6-12(10)17-8-7-13(16)18-14(2,3)4/h5-6,9H,7-8H2,1-4H3. The molecular weight excluding hydrogens is 235 g/mol. The van der Waals surface area contributed by atoms with Crippen molar-refractivity contribution >= 4 is 5.97 Å². The second kappa shape index (κ2) is 5.85. The number of carbonyl (C=O) groups is 1. The van der Waals surface area contributed by atoms with E-state index in [-0.39, 0.29) is 24.8 Å². The molecule has 1 aromatic carbocycles. The van der Waals surface area contributed by atoms with Crippen LogP contribution >= 0.6 is 0 Å². The van der Waals surface area contributed by atoms with Crippen LogP contribution in [0.5, 0.6) is 5.75 Å². The lowest BCUT2D eigenvalue weighted by Crippen LogP contribution is -2.24. The first-order chi connectivity index (χ1) is 8.28. The van der Waals surface area contributed by atoms with E-state index in [4.69, 9.17) is 9.47 Å². The number of halogens is 1. The lowest BCUT2D eigenvalue weighted by atomic mass is 10.2. The van der Waals surface area contributed by atoms with Gasteiger partial charge in [0.1, 0.15) is 17.2 Å². The molecule has 1 rings (SSSR count). The van der Waals surface area contributed by atoms with Crippen LogP contribution in [0.25, 0.3) is 0 Å². The number of hydrogen-bond acceptors (Lipinski definition) is 3. The normalized spacial score (nSPS) is 11.2. The van der Waals surface area contributed by atoms with Crippen LogP contribution in [-0.4, -0.2) is 18.2 Å². The zero-order chi connectivity index (χ0) is 13.8. The number of rotatable bonds is 4. The molecule has 0 unspecified atom stereocenters. The quantitative estimate of drug-likeness (QED) is 0.774. The van der Waals surface area contributed by atoms with Crippen LogP contribution in [0.4, 0.5) is 4.39 Å². The molecule has 100 valence electrons. The maximum Gasteiger partial charge on any atom is 0.309 e. The molecule has 0 radical (unpaired) electrons. The number of hydrogen-bond donors (Lipinski definition) is 0. The van der Waals surface area contributed by atoms with Crippen molar-refractivity contribution in [2.75, 3.05) is 6.61 Å². The van der Waals surface area contributed by atoms with Gasteiger partial charge in [-0.05, 0) is 51.5 Å². The van der Waals surface area contributed by atoms with Gasteiger partial charge in [0.15, 0.2) is 0 Å². The van der Waals surface area contributed by atoms with Crippen LogP contribution in [0, 0.1) is 12.7 Å². The number of esters is 1. The molecule has 0 saturated carbocycles. The Hall–Kier alpha value is -1.58. The minimum Gasteiger partial charge on any atom is -0.493 e. The lowest BCUT2D eigenvalue weighted by Gasteiger charge is -2.19. The van der Waals surface area contributed by atoms with Crippen molar-refractivity contribution in [1.29, 1.82) is 0 Å². The molecule has 3 nitrogen and oxygen atoms in total. The molecule has 4 heteroatoms. The topological polar surface area (TPSA) is 35.5 Å². The Kier molecular flexibility index (Phi) is 4.70. The minimum absolute atomic E-state index is 0.175. The fourth-order valence-electron chi connectivity index (χ4n) is 1.41. The van der Waals surface area contributed by atoms with E-state index in [1.54, 1.807) is 13.0 Å². The van der Waals surface area contributed by atoms with E-state index in [1.807, 2.05) is 20.8 Å². The minimum atomic E-state index is -0.483. The zero-order valence-electron chi connectivity index (χ0n) is 11.2. The molecular formula is C14H19FO3. The van der Waals surface area contributed by atoms with Gasteiger partial charge < -0.3 is 9.47 Å². The number of carbonyl (C=O) groups excluding carboxylic acids is 1. The fourth-order valence-corrected chi connectivity index (χ4v) is 1.41. The Morgan fingerprint density at radius 1 is 1.33 bits per heavy atom. The van der Waals surface area contributed by atoms with Gasteiger partial charge >= 0.3 is 5.97 Å². The highest BCUT2D eigenvalue weighted by atomic mass is 19.1.